The van der Waals surface area contributed by atoms with Crippen LogP contribution in [0.25, 0.3) is 0 Å². The molecule has 15 heavy (non-hydrogen) atoms. The van der Waals surface area contributed by atoms with Crippen molar-refractivity contribution in [2.75, 3.05) is 39.4 Å². The quantitative estimate of drug-likeness (QED) is 0.742. The predicted molar refractivity (Wildman–Crippen MR) is 62.1 cm³/mol. The first kappa shape index (κ1) is 11.4. The molecular formula is C12H24N2O. The van der Waals surface area contributed by atoms with E-state index in [1.54, 1.807) is 0 Å². The molecule has 0 aromatic heterocycles. The van der Waals surface area contributed by atoms with Gasteiger partial charge in [-0.05, 0) is 32.6 Å². The molecule has 0 amide bonds. The fourth-order valence-electron chi connectivity index (χ4n) is 2.70. The number of hydrogen-bond acceptors (Lipinski definition) is 3. The minimum Gasteiger partial charge on any atom is -0.381 e. The van der Waals surface area contributed by atoms with E-state index in [1.165, 1.54) is 32.5 Å². The lowest BCUT2D eigenvalue weighted by molar-refractivity contribution is 0.0435. The van der Waals surface area contributed by atoms with Crippen LogP contribution in [0.5, 0.6) is 0 Å². The number of hydrogen-bond donors (Lipinski definition) is 1. The SMILES string of the molecule is CC1(C)CN(CC2CCOCC2)CCN1. The Bertz CT molecular complexity index is 200. The molecule has 88 valence electrons. The number of nitrogens with one attached hydrogen (secondary N) is 1. The first-order chi connectivity index (χ1) is 7.16. The average molecular weight is 212 g/mol. The van der Waals surface area contributed by atoms with Crippen molar-refractivity contribution in [3.8, 4) is 0 Å². The number of rotatable bonds is 2. The van der Waals surface area contributed by atoms with Crippen LogP contribution in [0, 0.1) is 5.92 Å². The van der Waals surface area contributed by atoms with Crippen LogP contribution in [-0.4, -0.2) is 49.8 Å². The molecule has 3 nitrogen and oxygen atoms in total. The Labute approximate surface area is 93.2 Å². The fourth-order valence-corrected chi connectivity index (χ4v) is 2.70. The second-order valence-electron chi connectivity index (χ2n) is 5.60. The molecule has 0 saturated carbocycles. The topological polar surface area (TPSA) is 24.5 Å². The van der Waals surface area contributed by atoms with Crippen molar-refractivity contribution < 1.29 is 4.74 Å². The van der Waals surface area contributed by atoms with Gasteiger partial charge >= 0.3 is 0 Å². The molecule has 2 fully saturated rings. The van der Waals surface area contributed by atoms with Gasteiger partial charge in [0.25, 0.3) is 0 Å². The highest BCUT2D eigenvalue weighted by atomic mass is 16.5. The molecule has 0 unspecified atom stereocenters. The molecule has 0 bridgehead atoms. The molecule has 0 aromatic carbocycles. The van der Waals surface area contributed by atoms with Crippen molar-refractivity contribution in [1.29, 1.82) is 0 Å². The summed E-state index contributed by atoms with van der Waals surface area (Å²) in [5, 5.41) is 3.56. The molecule has 0 spiro atoms. The lowest BCUT2D eigenvalue weighted by Gasteiger charge is -2.41. The van der Waals surface area contributed by atoms with Crippen LogP contribution < -0.4 is 5.32 Å². The molecule has 0 aromatic rings. The Morgan fingerprint density at radius 3 is 2.73 bits per heavy atom. The lowest BCUT2D eigenvalue weighted by atomic mass is 9.96. The van der Waals surface area contributed by atoms with Crippen LogP contribution in [0.1, 0.15) is 26.7 Å². The zero-order valence-corrected chi connectivity index (χ0v) is 10.1. The van der Waals surface area contributed by atoms with Gasteiger partial charge in [0.2, 0.25) is 0 Å². The van der Waals surface area contributed by atoms with Gasteiger partial charge in [-0.3, -0.25) is 4.90 Å². The highest BCUT2D eigenvalue weighted by molar-refractivity contribution is 4.87. The first-order valence-electron chi connectivity index (χ1n) is 6.21. The van der Waals surface area contributed by atoms with Crippen LogP contribution in [-0.2, 0) is 4.74 Å². The van der Waals surface area contributed by atoms with Gasteiger partial charge < -0.3 is 10.1 Å². The van der Waals surface area contributed by atoms with E-state index in [-0.39, 0.29) is 0 Å². The number of piperazine rings is 1. The van der Waals surface area contributed by atoms with Gasteiger partial charge in [-0.25, -0.2) is 0 Å². The second kappa shape index (κ2) is 4.81. The monoisotopic (exact) mass is 212 g/mol. The van der Waals surface area contributed by atoms with Gasteiger partial charge in [-0.2, -0.15) is 0 Å². The van der Waals surface area contributed by atoms with Crippen molar-refractivity contribution in [3.05, 3.63) is 0 Å². The van der Waals surface area contributed by atoms with E-state index in [0.717, 1.165) is 25.7 Å². The molecule has 0 radical (unpaired) electrons. The maximum Gasteiger partial charge on any atom is 0.0469 e. The Balaban J connectivity index is 1.78. The molecule has 2 heterocycles. The Hall–Kier alpha value is -0.120. The third-order valence-corrected chi connectivity index (χ3v) is 3.51. The molecule has 3 heteroatoms. The molecule has 0 aliphatic carbocycles. The van der Waals surface area contributed by atoms with E-state index in [0.29, 0.717) is 5.54 Å². The number of nitrogens with zero attached hydrogens (tertiary/aromatic N) is 1. The van der Waals surface area contributed by atoms with E-state index >= 15 is 0 Å². The van der Waals surface area contributed by atoms with Crippen LogP contribution in [0.4, 0.5) is 0 Å². The summed E-state index contributed by atoms with van der Waals surface area (Å²) in [7, 11) is 0. The fraction of sp³-hybridized carbons (Fsp3) is 1.00. The van der Waals surface area contributed by atoms with Crippen molar-refractivity contribution in [2.45, 2.75) is 32.2 Å². The van der Waals surface area contributed by atoms with Gasteiger partial charge in [0, 0.05) is 44.9 Å². The van der Waals surface area contributed by atoms with Crippen LogP contribution >= 0.6 is 0 Å². The van der Waals surface area contributed by atoms with Gasteiger partial charge in [0.1, 0.15) is 0 Å². The molecule has 2 aliphatic rings. The normalized spacial score (nSPS) is 29.2. The van der Waals surface area contributed by atoms with Gasteiger partial charge in [-0.1, -0.05) is 0 Å². The summed E-state index contributed by atoms with van der Waals surface area (Å²) in [5.74, 6) is 0.868. The van der Waals surface area contributed by atoms with Crippen molar-refractivity contribution in [1.82, 2.24) is 10.2 Å². The molecule has 1 N–H and O–H groups in total. The highest BCUT2D eigenvalue weighted by Crippen LogP contribution is 2.18. The first-order valence-corrected chi connectivity index (χ1v) is 6.21. The smallest absolute Gasteiger partial charge is 0.0469 e. The molecular weight excluding hydrogens is 188 g/mol. The molecule has 2 saturated heterocycles. The summed E-state index contributed by atoms with van der Waals surface area (Å²) < 4.78 is 5.40. The zero-order valence-electron chi connectivity index (χ0n) is 10.1. The Morgan fingerprint density at radius 1 is 1.33 bits per heavy atom. The average Bonchev–Trinajstić information content (AvgIpc) is 2.17. The third kappa shape index (κ3) is 3.44. The molecule has 0 atom stereocenters. The predicted octanol–water partition coefficient (Wildman–Crippen LogP) is 1.10. The van der Waals surface area contributed by atoms with Crippen molar-refractivity contribution >= 4 is 0 Å². The summed E-state index contributed by atoms with van der Waals surface area (Å²) in [6, 6.07) is 0. The molecule has 2 aliphatic heterocycles. The third-order valence-electron chi connectivity index (χ3n) is 3.51. The van der Waals surface area contributed by atoms with E-state index in [2.05, 4.69) is 24.1 Å². The van der Waals surface area contributed by atoms with E-state index < -0.39 is 0 Å². The summed E-state index contributed by atoms with van der Waals surface area (Å²) in [6.07, 6.45) is 2.51. The van der Waals surface area contributed by atoms with E-state index in [9.17, 15) is 0 Å². The van der Waals surface area contributed by atoms with Crippen LogP contribution in [0.3, 0.4) is 0 Å². The highest BCUT2D eigenvalue weighted by Gasteiger charge is 2.27. The minimum atomic E-state index is 0.295. The Morgan fingerprint density at radius 2 is 2.07 bits per heavy atom. The Kier molecular flexibility index (Phi) is 3.65. The summed E-state index contributed by atoms with van der Waals surface area (Å²) in [6.45, 7) is 11.3. The minimum absolute atomic E-state index is 0.295. The van der Waals surface area contributed by atoms with Gasteiger partial charge in [-0.15, -0.1) is 0 Å². The van der Waals surface area contributed by atoms with Gasteiger partial charge in [0.05, 0.1) is 0 Å². The maximum atomic E-state index is 5.40. The molecule has 2 rings (SSSR count). The number of ether oxygens (including phenoxy) is 1. The van der Waals surface area contributed by atoms with Gasteiger partial charge in [0.15, 0.2) is 0 Å². The van der Waals surface area contributed by atoms with Crippen LogP contribution in [0.15, 0.2) is 0 Å². The van der Waals surface area contributed by atoms with Crippen molar-refractivity contribution in [3.63, 3.8) is 0 Å². The largest absolute Gasteiger partial charge is 0.381 e. The van der Waals surface area contributed by atoms with Crippen molar-refractivity contribution in [2.24, 2.45) is 5.92 Å². The summed E-state index contributed by atoms with van der Waals surface area (Å²) in [5.41, 5.74) is 0.295. The standard InChI is InChI=1S/C12H24N2O/c1-12(2)10-14(6-5-13-12)9-11-3-7-15-8-4-11/h11,13H,3-10H2,1-2H3. The summed E-state index contributed by atoms with van der Waals surface area (Å²) >= 11 is 0. The summed E-state index contributed by atoms with van der Waals surface area (Å²) in [4.78, 5) is 2.62. The van der Waals surface area contributed by atoms with Crippen LogP contribution in [0.2, 0.25) is 0 Å². The zero-order chi connectivity index (χ0) is 10.7. The van der Waals surface area contributed by atoms with E-state index in [1.807, 2.05) is 0 Å². The maximum absolute atomic E-state index is 5.40. The second-order valence-corrected chi connectivity index (χ2v) is 5.60. The van der Waals surface area contributed by atoms with E-state index in [4.69, 9.17) is 4.74 Å². The lowest BCUT2D eigenvalue weighted by Crippen LogP contribution is -2.57.